The highest BCUT2D eigenvalue weighted by Gasteiger charge is 2.18. The van der Waals surface area contributed by atoms with Gasteiger partial charge in [-0.3, -0.25) is 0 Å². The third-order valence-electron chi connectivity index (χ3n) is 4.08. The topological polar surface area (TPSA) is 32.9 Å². The van der Waals surface area contributed by atoms with Crippen LogP contribution in [0.4, 0.5) is 5.69 Å². The fourth-order valence-corrected chi connectivity index (χ4v) is 2.94. The Bertz CT molecular complexity index is 455. The molecule has 0 aliphatic carbocycles. The van der Waals surface area contributed by atoms with Gasteiger partial charge in [0.05, 0.1) is 13.6 Å². The first kappa shape index (κ1) is 16.2. The molecule has 0 amide bonds. The SMILES string of the molecule is Cc1cccc(NC(=S)NCCC[NH+]2CC[NH+](C)CC2)c1. The van der Waals surface area contributed by atoms with Crippen molar-refractivity contribution in [3.63, 3.8) is 0 Å². The highest BCUT2D eigenvalue weighted by molar-refractivity contribution is 7.80. The molecule has 0 aromatic heterocycles. The van der Waals surface area contributed by atoms with Crippen LogP contribution in [0.5, 0.6) is 0 Å². The number of aryl methyl sites for hydroxylation is 1. The van der Waals surface area contributed by atoms with Crippen molar-refractivity contribution < 1.29 is 9.80 Å². The van der Waals surface area contributed by atoms with Gasteiger partial charge in [0.15, 0.2) is 5.11 Å². The van der Waals surface area contributed by atoms with Crippen LogP contribution in [0.15, 0.2) is 24.3 Å². The molecule has 21 heavy (non-hydrogen) atoms. The van der Waals surface area contributed by atoms with Crippen LogP contribution in [0.1, 0.15) is 12.0 Å². The van der Waals surface area contributed by atoms with E-state index in [-0.39, 0.29) is 0 Å². The summed E-state index contributed by atoms with van der Waals surface area (Å²) in [6, 6.07) is 8.27. The van der Waals surface area contributed by atoms with Crippen molar-refractivity contribution in [2.45, 2.75) is 13.3 Å². The van der Waals surface area contributed by atoms with Crippen LogP contribution >= 0.6 is 12.2 Å². The van der Waals surface area contributed by atoms with Crippen molar-refractivity contribution in [1.29, 1.82) is 0 Å². The summed E-state index contributed by atoms with van der Waals surface area (Å²) < 4.78 is 0. The van der Waals surface area contributed by atoms with Crippen molar-refractivity contribution in [1.82, 2.24) is 5.32 Å². The highest BCUT2D eigenvalue weighted by Crippen LogP contribution is 2.08. The van der Waals surface area contributed by atoms with Gasteiger partial charge in [-0.15, -0.1) is 0 Å². The lowest BCUT2D eigenvalue weighted by molar-refractivity contribution is -1.00. The van der Waals surface area contributed by atoms with Crippen LogP contribution in [0.3, 0.4) is 0 Å². The number of nitrogens with one attached hydrogen (secondary N) is 4. The molecule has 0 bridgehead atoms. The number of likely N-dealkylation sites (N-methyl/N-ethyl adjacent to an activating group) is 1. The first-order valence-corrected chi connectivity index (χ1v) is 8.31. The van der Waals surface area contributed by atoms with Crippen LogP contribution in [0.2, 0.25) is 0 Å². The number of thiocarbonyl (C=S) groups is 1. The standard InChI is InChI=1S/C16H26N4S/c1-14-5-3-6-15(13-14)18-16(21)17-7-4-8-20-11-9-19(2)10-12-20/h3,5-6,13H,4,7-12H2,1-2H3,(H2,17,18,21)/p+2. The summed E-state index contributed by atoms with van der Waals surface area (Å²) in [4.78, 5) is 3.40. The lowest BCUT2D eigenvalue weighted by atomic mass is 10.2. The maximum atomic E-state index is 5.33. The molecule has 1 heterocycles. The Morgan fingerprint density at radius 1 is 1.24 bits per heavy atom. The lowest BCUT2D eigenvalue weighted by Crippen LogP contribution is -3.27. The third-order valence-corrected chi connectivity index (χ3v) is 4.33. The van der Waals surface area contributed by atoms with Crippen molar-refractivity contribution in [3.8, 4) is 0 Å². The number of quaternary nitrogens is 2. The monoisotopic (exact) mass is 308 g/mol. The molecule has 1 fully saturated rings. The fraction of sp³-hybridized carbons (Fsp3) is 0.562. The minimum absolute atomic E-state index is 0.721. The van der Waals surface area contributed by atoms with E-state index < -0.39 is 0 Å². The molecule has 4 nitrogen and oxygen atoms in total. The second-order valence-electron chi connectivity index (χ2n) is 6.06. The zero-order valence-electron chi connectivity index (χ0n) is 13.2. The molecule has 5 heteroatoms. The normalized spacial score (nSPS) is 21.8. The van der Waals surface area contributed by atoms with Gasteiger partial charge in [0.25, 0.3) is 0 Å². The minimum atomic E-state index is 0.721. The molecule has 1 aliphatic rings. The first-order chi connectivity index (χ1) is 10.1. The zero-order valence-corrected chi connectivity index (χ0v) is 14.0. The summed E-state index contributed by atoms with van der Waals surface area (Å²) in [6.07, 6.45) is 1.17. The van der Waals surface area contributed by atoms with Gasteiger partial charge in [-0.2, -0.15) is 0 Å². The van der Waals surface area contributed by atoms with E-state index in [1.807, 2.05) is 12.1 Å². The van der Waals surface area contributed by atoms with E-state index in [9.17, 15) is 0 Å². The Labute approximate surface area is 133 Å². The number of piperazine rings is 1. The molecular formula is C16H28N4S+2. The summed E-state index contributed by atoms with van der Waals surface area (Å²) in [7, 11) is 2.29. The molecular weight excluding hydrogens is 280 g/mol. The average Bonchev–Trinajstić information content (AvgIpc) is 2.45. The maximum absolute atomic E-state index is 5.33. The fourth-order valence-electron chi connectivity index (χ4n) is 2.72. The van der Waals surface area contributed by atoms with E-state index in [1.54, 1.807) is 9.80 Å². The van der Waals surface area contributed by atoms with Crippen molar-refractivity contribution in [2.75, 3.05) is 51.6 Å². The van der Waals surface area contributed by atoms with Gasteiger partial charge in [0, 0.05) is 18.7 Å². The third kappa shape index (κ3) is 5.99. The molecule has 1 aliphatic heterocycles. The summed E-state index contributed by atoms with van der Waals surface area (Å²) in [5, 5.41) is 7.26. The van der Waals surface area contributed by atoms with E-state index in [1.165, 1.54) is 44.7 Å². The summed E-state index contributed by atoms with van der Waals surface area (Å²) in [5.74, 6) is 0. The minimum Gasteiger partial charge on any atom is -0.362 e. The van der Waals surface area contributed by atoms with E-state index in [4.69, 9.17) is 12.2 Å². The Hall–Kier alpha value is -1.17. The molecule has 4 N–H and O–H groups in total. The van der Waals surface area contributed by atoms with Crippen LogP contribution in [-0.4, -0.2) is 51.4 Å². The molecule has 1 aromatic carbocycles. The van der Waals surface area contributed by atoms with Gasteiger partial charge >= 0.3 is 0 Å². The van der Waals surface area contributed by atoms with Crippen LogP contribution in [0, 0.1) is 6.92 Å². The second-order valence-corrected chi connectivity index (χ2v) is 6.47. The smallest absolute Gasteiger partial charge is 0.170 e. The van der Waals surface area contributed by atoms with E-state index in [2.05, 4.69) is 36.7 Å². The molecule has 1 aromatic rings. The van der Waals surface area contributed by atoms with Gasteiger partial charge in [-0.1, -0.05) is 12.1 Å². The van der Waals surface area contributed by atoms with Crippen molar-refractivity contribution in [3.05, 3.63) is 29.8 Å². The van der Waals surface area contributed by atoms with Crippen molar-refractivity contribution in [2.24, 2.45) is 0 Å². The molecule has 0 saturated carbocycles. The molecule has 2 rings (SSSR count). The Morgan fingerprint density at radius 2 is 2.00 bits per heavy atom. The Morgan fingerprint density at radius 3 is 2.71 bits per heavy atom. The van der Waals surface area contributed by atoms with Gasteiger partial charge in [-0.25, -0.2) is 0 Å². The predicted octanol–water partition coefficient (Wildman–Crippen LogP) is -0.915. The van der Waals surface area contributed by atoms with Crippen LogP contribution < -0.4 is 20.4 Å². The van der Waals surface area contributed by atoms with Gasteiger partial charge < -0.3 is 20.4 Å². The average molecular weight is 308 g/mol. The van der Waals surface area contributed by atoms with Gasteiger partial charge in [0.1, 0.15) is 26.2 Å². The number of anilines is 1. The molecule has 116 valence electrons. The maximum Gasteiger partial charge on any atom is 0.170 e. The molecule has 1 saturated heterocycles. The van der Waals surface area contributed by atoms with Gasteiger partial charge in [0.2, 0.25) is 0 Å². The number of benzene rings is 1. The molecule has 0 unspecified atom stereocenters. The first-order valence-electron chi connectivity index (χ1n) is 7.90. The van der Waals surface area contributed by atoms with Gasteiger partial charge in [-0.05, 0) is 36.8 Å². The quantitative estimate of drug-likeness (QED) is 0.420. The Kier molecular flexibility index (Phi) is 6.42. The largest absolute Gasteiger partial charge is 0.362 e. The highest BCUT2D eigenvalue weighted by atomic mass is 32.1. The zero-order chi connectivity index (χ0) is 15.1. The Balaban J connectivity index is 1.59. The second kappa shape index (κ2) is 8.32. The van der Waals surface area contributed by atoms with E-state index in [0.717, 1.165) is 17.3 Å². The van der Waals surface area contributed by atoms with Crippen molar-refractivity contribution >= 4 is 23.0 Å². The summed E-state index contributed by atoms with van der Waals surface area (Å²) in [6.45, 7) is 9.49. The predicted molar refractivity (Wildman–Crippen MR) is 92.2 cm³/mol. The molecule has 0 atom stereocenters. The summed E-state index contributed by atoms with van der Waals surface area (Å²) in [5.41, 5.74) is 2.30. The van der Waals surface area contributed by atoms with E-state index in [0.29, 0.717) is 0 Å². The van der Waals surface area contributed by atoms with Crippen LogP contribution in [-0.2, 0) is 0 Å². The van der Waals surface area contributed by atoms with Crippen LogP contribution in [0.25, 0.3) is 0 Å². The molecule has 0 radical (unpaired) electrons. The number of hydrogen-bond donors (Lipinski definition) is 4. The number of hydrogen-bond acceptors (Lipinski definition) is 1. The van der Waals surface area contributed by atoms with E-state index >= 15 is 0 Å². The molecule has 0 spiro atoms. The lowest BCUT2D eigenvalue weighted by Gasteiger charge is -2.27. The summed E-state index contributed by atoms with van der Waals surface area (Å²) >= 11 is 5.33. The number of rotatable bonds is 5.